The van der Waals surface area contributed by atoms with Gasteiger partial charge >= 0.3 is 10.4 Å². The zero-order valence-corrected chi connectivity index (χ0v) is 10.9. The van der Waals surface area contributed by atoms with E-state index < -0.39 is 10.4 Å². The van der Waals surface area contributed by atoms with Gasteiger partial charge in [-0.05, 0) is 19.8 Å². The maximum Gasteiger partial charge on any atom is 0.397 e. The van der Waals surface area contributed by atoms with Gasteiger partial charge in [-0.1, -0.05) is 25.0 Å². The summed E-state index contributed by atoms with van der Waals surface area (Å²) in [5.74, 6) is 0.402. The van der Waals surface area contributed by atoms with Crippen molar-refractivity contribution in [1.29, 1.82) is 0 Å². The number of hydrogen-bond acceptors (Lipinski definition) is 4. The molecule has 0 amide bonds. The van der Waals surface area contributed by atoms with Crippen LogP contribution in [-0.2, 0) is 19.3 Å². The topological polar surface area (TPSA) is 72.8 Å². The number of ether oxygens (including phenoxy) is 1. The summed E-state index contributed by atoms with van der Waals surface area (Å²) in [5, 5.41) is 0. The first-order valence-electron chi connectivity index (χ1n) is 5.89. The Hall–Kier alpha value is -0.430. The maximum absolute atomic E-state index is 10.3. The second kappa shape index (κ2) is 7.10. The van der Waals surface area contributed by atoms with Crippen LogP contribution in [0.3, 0.4) is 0 Å². The van der Waals surface area contributed by atoms with Gasteiger partial charge in [-0.3, -0.25) is 4.55 Å². The summed E-state index contributed by atoms with van der Waals surface area (Å²) in [6, 6.07) is 0. The van der Waals surface area contributed by atoms with Gasteiger partial charge in [-0.15, -0.1) is 0 Å². The summed E-state index contributed by atoms with van der Waals surface area (Å²) >= 11 is 0. The van der Waals surface area contributed by atoms with E-state index in [1.807, 2.05) is 13.0 Å². The molecule has 0 spiro atoms. The predicted molar refractivity (Wildman–Crippen MR) is 64.0 cm³/mol. The van der Waals surface area contributed by atoms with Crippen molar-refractivity contribution >= 4 is 10.4 Å². The van der Waals surface area contributed by atoms with Crippen LogP contribution in [0.15, 0.2) is 12.2 Å². The third kappa shape index (κ3) is 6.16. The van der Waals surface area contributed by atoms with Gasteiger partial charge in [0.05, 0.1) is 19.3 Å². The van der Waals surface area contributed by atoms with Crippen LogP contribution in [0.4, 0.5) is 0 Å². The molecular formula is C11H20O5S. The summed E-state index contributed by atoms with van der Waals surface area (Å²) < 4.78 is 38.8. The molecule has 1 aliphatic carbocycles. The van der Waals surface area contributed by atoms with Gasteiger partial charge in [0.2, 0.25) is 0 Å². The van der Waals surface area contributed by atoms with E-state index in [1.54, 1.807) is 0 Å². The minimum absolute atomic E-state index is 0.130. The fourth-order valence-electron chi connectivity index (χ4n) is 2.14. The summed E-state index contributed by atoms with van der Waals surface area (Å²) in [6.45, 7) is 2.02. The van der Waals surface area contributed by atoms with Crippen molar-refractivity contribution in [1.82, 2.24) is 0 Å². The van der Waals surface area contributed by atoms with Crippen molar-refractivity contribution in [3.63, 3.8) is 0 Å². The van der Waals surface area contributed by atoms with Crippen LogP contribution in [-0.4, -0.2) is 32.3 Å². The molecule has 0 aromatic rings. The third-order valence-corrected chi connectivity index (χ3v) is 3.31. The molecule has 1 N–H and O–H groups in total. The predicted octanol–water partition coefficient (Wildman–Crippen LogP) is 1.96. The van der Waals surface area contributed by atoms with Crippen molar-refractivity contribution in [2.45, 2.75) is 38.7 Å². The van der Waals surface area contributed by atoms with Crippen molar-refractivity contribution in [2.75, 3.05) is 13.2 Å². The average Bonchev–Trinajstić information content (AvgIpc) is 2.25. The minimum Gasteiger partial charge on any atom is -0.375 e. The molecule has 0 aliphatic heterocycles. The van der Waals surface area contributed by atoms with Crippen LogP contribution >= 0.6 is 0 Å². The highest BCUT2D eigenvalue weighted by molar-refractivity contribution is 7.80. The quantitative estimate of drug-likeness (QED) is 0.451. The highest BCUT2D eigenvalue weighted by Crippen LogP contribution is 2.27. The zero-order valence-electron chi connectivity index (χ0n) is 10.0. The van der Waals surface area contributed by atoms with E-state index in [0.29, 0.717) is 5.92 Å². The molecule has 100 valence electrons. The lowest BCUT2D eigenvalue weighted by Crippen LogP contribution is -2.28. The van der Waals surface area contributed by atoms with Gasteiger partial charge in [0, 0.05) is 5.92 Å². The standard InChI is InChI=1S/C11H20O5S/c1-2-5-10-6-3-4-7-11(10)15-8-9-16-17(12,13)14/h2,5,10-11H,3-4,6-9H2,1H3,(H,12,13,14)/b5-2+. The van der Waals surface area contributed by atoms with Gasteiger partial charge in [-0.2, -0.15) is 8.42 Å². The van der Waals surface area contributed by atoms with Crippen LogP contribution in [0.2, 0.25) is 0 Å². The number of hydrogen-bond donors (Lipinski definition) is 1. The molecule has 0 bridgehead atoms. The lowest BCUT2D eigenvalue weighted by molar-refractivity contribution is -0.00930. The summed E-state index contributed by atoms with van der Waals surface area (Å²) in [7, 11) is -4.34. The Morgan fingerprint density at radius 1 is 1.29 bits per heavy atom. The molecule has 1 rings (SSSR count). The summed E-state index contributed by atoms with van der Waals surface area (Å²) in [6.07, 6.45) is 8.71. The molecule has 0 aromatic carbocycles. The summed E-state index contributed by atoms with van der Waals surface area (Å²) in [5.41, 5.74) is 0. The molecule has 0 saturated heterocycles. The number of allylic oxidation sites excluding steroid dienone is 1. The Kier molecular flexibility index (Phi) is 6.11. The first kappa shape index (κ1) is 14.6. The second-order valence-electron chi connectivity index (χ2n) is 4.13. The van der Waals surface area contributed by atoms with Crippen molar-refractivity contribution < 1.29 is 21.9 Å². The van der Waals surface area contributed by atoms with Gasteiger partial charge in [0.15, 0.2) is 0 Å². The Bertz CT molecular complexity index is 336. The molecule has 2 unspecified atom stereocenters. The summed E-state index contributed by atoms with van der Waals surface area (Å²) in [4.78, 5) is 0. The zero-order chi connectivity index (χ0) is 12.7. The third-order valence-electron chi connectivity index (χ3n) is 2.84. The molecular weight excluding hydrogens is 244 g/mol. The molecule has 0 heterocycles. The smallest absolute Gasteiger partial charge is 0.375 e. The maximum atomic E-state index is 10.3. The largest absolute Gasteiger partial charge is 0.397 e. The Balaban J connectivity index is 2.28. The normalized spacial score (nSPS) is 26.5. The van der Waals surface area contributed by atoms with Crippen LogP contribution in [0.25, 0.3) is 0 Å². The van der Waals surface area contributed by atoms with Crippen molar-refractivity contribution in [2.24, 2.45) is 5.92 Å². The van der Waals surface area contributed by atoms with Gasteiger partial charge < -0.3 is 4.74 Å². The highest BCUT2D eigenvalue weighted by Gasteiger charge is 2.23. The fraction of sp³-hybridized carbons (Fsp3) is 0.818. The molecule has 6 heteroatoms. The van der Waals surface area contributed by atoms with Gasteiger partial charge in [0.1, 0.15) is 0 Å². The van der Waals surface area contributed by atoms with E-state index in [2.05, 4.69) is 10.3 Å². The SMILES string of the molecule is C/C=C/C1CCCCC1OCCOS(=O)(=O)O. The fourth-order valence-corrected chi connectivity index (χ4v) is 2.42. The molecule has 0 radical (unpaired) electrons. The molecule has 0 aromatic heterocycles. The van der Waals surface area contributed by atoms with E-state index >= 15 is 0 Å². The van der Waals surface area contributed by atoms with Gasteiger partial charge in [-0.25, -0.2) is 4.18 Å². The van der Waals surface area contributed by atoms with Crippen LogP contribution < -0.4 is 0 Å². The van der Waals surface area contributed by atoms with E-state index in [-0.39, 0.29) is 19.3 Å². The first-order chi connectivity index (χ1) is 8.03. The van der Waals surface area contributed by atoms with Crippen molar-refractivity contribution in [3.8, 4) is 0 Å². The molecule has 1 fully saturated rings. The molecule has 1 aliphatic rings. The van der Waals surface area contributed by atoms with Crippen LogP contribution in [0.1, 0.15) is 32.6 Å². The van der Waals surface area contributed by atoms with E-state index in [9.17, 15) is 8.42 Å². The first-order valence-corrected chi connectivity index (χ1v) is 7.25. The minimum atomic E-state index is -4.34. The Labute approximate surface area is 103 Å². The second-order valence-corrected chi connectivity index (χ2v) is 5.22. The monoisotopic (exact) mass is 264 g/mol. The van der Waals surface area contributed by atoms with E-state index in [4.69, 9.17) is 9.29 Å². The van der Waals surface area contributed by atoms with Gasteiger partial charge in [0.25, 0.3) is 0 Å². The molecule has 17 heavy (non-hydrogen) atoms. The lowest BCUT2D eigenvalue weighted by atomic mass is 9.86. The van der Waals surface area contributed by atoms with Crippen LogP contribution in [0.5, 0.6) is 0 Å². The van der Waals surface area contributed by atoms with Crippen LogP contribution in [0, 0.1) is 5.92 Å². The van der Waals surface area contributed by atoms with E-state index in [0.717, 1.165) is 19.3 Å². The molecule has 5 nitrogen and oxygen atoms in total. The number of rotatable bonds is 6. The Morgan fingerprint density at radius 3 is 2.65 bits per heavy atom. The average molecular weight is 264 g/mol. The lowest BCUT2D eigenvalue weighted by Gasteiger charge is -2.29. The molecule has 1 saturated carbocycles. The van der Waals surface area contributed by atoms with Crippen molar-refractivity contribution in [3.05, 3.63) is 12.2 Å². The molecule has 2 atom stereocenters. The highest BCUT2D eigenvalue weighted by atomic mass is 32.3. The Morgan fingerprint density at radius 2 is 2.00 bits per heavy atom. The van der Waals surface area contributed by atoms with E-state index in [1.165, 1.54) is 6.42 Å².